The van der Waals surface area contributed by atoms with Gasteiger partial charge in [0.25, 0.3) is 0 Å². The number of fused-ring (bicyclic) bond motifs is 2. The Bertz CT molecular complexity index is 1180. The zero-order chi connectivity index (χ0) is 22.2. The van der Waals surface area contributed by atoms with Gasteiger partial charge >= 0.3 is 11.6 Å². The monoisotopic (exact) mass is 413 g/mol. The van der Waals surface area contributed by atoms with Crippen LogP contribution in [0.4, 0.5) is 0 Å². The largest absolute Gasteiger partial charge is 0.480 e. The summed E-state index contributed by atoms with van der Waals surface area (Å²) < 4.78 is 11.2. The predicted octanol–water partition coefficient (Wildman–Crippen LogP) is 4.06. The number of amides is 1. The van der Waals surface area contributed by atoms with E-state index in [1.165, 1.54) is 0 Å². The molecule has 3 aromatic rings. The van der Waals surface area contributed by atoms with E-state index in [0.717, 1.165) is 21.9 Å². The lowest BCUT2D eigenvalue weighted by Crippen LogP contribution is -2.40. The molecule has 0 saturated carbocycles. The molecule has 1 aromatic carbocycles. The maximum Gasteiger partial charge on any atom is 0.339 e. The van der Waals surface area contributed by atoms with Gasteiger partial charge in [-0.3, -0.25) is 4.79 Å². The van der Waals surface area contributed by atoms with E-state index in [1.54, 1.807) is 19.3 Å². The van der Waals surface area contributed by atoms with Crippen LogP contribution in [0.2, 0.25) is 0 Å². The highest BCUT2D eigenvalue weighted by atomic mass is 16.4. The van der Waals surface area contributed by atoms with Gasteiger partial charge in [-0.2, -0.15) is 0 Å². The third-order valence-electron chi connectivity index (χ3n) is 5.43. The Kier molecular flexibility index (Phi) is 5.74. The molecule has 2 N–H and O–H groups in total. The van der Waals surface area contributed by atoms with Crippen molar-refractivity contribution >= 4 is 33.8 Å². The Morgan fingerprint density at radius 2 is 1.87 bits per heavy atom. The molecule has 0 aliphatic rings. The molecule has 1 amide bonds. The van der Waals surface area contributed by atoms with Crippen LogP contribution in [0.1, 0.15) is 57.2 Å². The molecule has 1 unspecified atom stereocenters. The fourth-order valence-electron chi connectivity index (χ4n) is 3.62. The number of nitrogens with one attached hydrogen (secondary N) is 1. The van der Waals surface area contributed by atoms with E-state index < -0.39 is 23.5 Å². The lowest BCUT2D eigenvalue weighted by Gasteiger charge is -2.16. The van der Waals surface area contributed by atoms with Crippen LogP contribution >= 0.6 is 0 Å². The van der Waals surface area contributed by atoms with Gasteiger partial charge in [0.2, 0.25) is 5.91 Å². The van der Waals surface area contributed by atoms with E-state index >= 15 is 0 Å². The van der Waals surface area contributed by atoms with Gasteiger partial charge in [-0.25, -0.2) is 9.59 Å². The number of hydrogen-bond acceptors (Lipinski definition) is 5. The highest BCUT2D eigenvalue weighted by Gasteiger charge is 2.22. The first-order valence-corrected chi connectivity index (χ1v) is 10.0. The molecule has 2 aromatic heterocycles. The maximum atomic E-state index is 12.5. The van der Waals surface area contributed by atoms with E-state index in [9.17, 15) is 14.4 Å². The van der Waals surface area contributed by atoms with Crippen molar-refractivity contribution in [2.75, 3.05) is 0 Å². The molecule has 30 heavy (non-hydrogen) atoms. The van der Waals surface area contributed by atoms with Crippen LogP contribution in [-0.4, -0.2) is 23.0 Å². The minimum atomic E-state index is -1.08. The number of benzene rings is 1. The number of rotatable bonds is 6. The van der Waals surface area contributed by atoms with Crippen LogP contribution in [0.25, 0.3) is 21.9 Å². The standard InChI is InChI=1S/C23H27NO6/c1-6-17(21(26)27)24-20(25)8-7-13-12(2)14-9-15-16(23(3,4)5)11-29-18(15)10-19(14)30-22(13)28/h9-11,17H,6-8H2,1-5H3,(H,24,25)(H,26,27). The molecule has 0 bridgehead atoms. The Labute approximate surface area is 174 Å². The van der Waals surface area contributed by atoms with E-state index in [1.807, 2.05) is 13.0 Å². The Morgan fingerprint density at radius 3 is 2.47 bits per heavy atom. The molecule has 2 heterocycles. The molecular weight excluding hydrogens is 386 g/mol. The Balaban J connectivity index is 1.96. The first-order valence-electron chi connectivity index (χ1n) is 10.0. The number of furan rings is 1. The van der Waals surface area contributed by atoms with E-state index in [2.05, 4.69) is 26.1 Å². The molecule has 7 nitrogen and oxygen atoms in total. The van der Waals surface area contributed by atoms with Crippen LogP contribution in [0.5, 0.6) is 0 Å². The van der Waals surface area contributed by atoms with Gasteiger partial charge in [-0.1, -0.05) is 27.7 Å². The van der Waals surface area contributed by atoms with Crippen LogP contribution in [0.3, 0.4) is 0 Å². The molecule has 0 fully saturated rings. The molecule has 3 rings (SSSR count). The van der Waals surface area contributed by atoms with Crippen molar-refractivity contribution in [2.45, 2.75) is 65.3 Å². The third kappa shape index (κ3) is 4.10. The van der Waals surface area contributed by atoms with Crippen molar-refractivity contribution < 1.29 is 23.5 Å². The number of carboxylic acids is 1. The van der Waals surface area contributed by atoms with E-state index in [4.69, 9.17) is 13.9 Å². The summed E-state index contributed by atoms with van der Waals surface area (Å²) in [5.41, 5.74) is 2.71. The zero-order valence-corrected chi connectivity index (χ0v) is 17.9. The van der Waals surface area contributed by atoms with E-state index in [0.29, 0.717) is 16.7 Å². The van der Waals surface area contributed by atoms with Gasteiger partial charge in [-0.15, -0.1) is 0 Å². The van der Waals surface area contributed by atoms with Crippen molar-refractivity contribution in [1.29, 1.82) is 0 Å². The second-order valence-electron chi connectivity index (χ2n) is 8.60. The molecule has 0 aliphatic heterocycles. The van der Waals surface area contributed by atoms with Crippen LogP contribution in [0, 0.1) is 6.92 Å². The zero-order valence-electron chi connectivity index (χ0n) is 17.9. The van der Waals surface area contributed by atoms with Gasteiger partial charge in [0.1, 0.15) is 17.2 Å². The average Bonchev–Trinajstić information content (AvgIpc) is 3.07. The minimum absolute atomic E-state index is 0.00207. The molecular formula is C23H27NO6. The summed E-state index contributed by atoms with van der Waals surface area (Å²) in [7, 11) is 0. The van der Waals surface area contributed by atoms with Crippen molar-refractivity contribution in [2.24, 2.45) is 0 Å². The number of carbonyl (C=O) groups is 2. The second kappa shape index (κ2) is 7.97. The van der Waals surface area contributed by atoms with Gasteiger partial charge in [0.05, 0.1) is 6.26 Å². The van der Waals surface area contributed by atoms with Crippen molar-refractivity contribution in [3.8, 4) is 0 Å². The topological polar surface area (TPSA) is 110 Å². The highest BCUT2D eigenvalue weighted by molar-refractivity contribution is 5.97. The predicted molar refractivity (Wildman–Crippen MR) is 114 cm³/mol. The molecule has 0 spiro atoms. The molecule has 0 aliphatic carbocycles. The quantitative estimate of drug-likeness (QED) is 0.590. The number of aryl methyl sites for hydroxylation is 1. The van der Waals surface area contributed by atoms with Crippen molar-refractivity contribution in [3.05, 3.63) is 45.5 Å². The Hall–Kier alpha value is -3.09. The second-order valence-corrected chi connectivity index (χ2v) is 8.60. The van der Waals surface area contributed by atoms with Gasteiger partial charge in [0.15, 0.2) is 0 Å². The average molecular weight is 413 g/mol. The third-order valence-corrected chi connectivity index (χ3v) is 5.43. The Morgan fingerprint density at radius 1 is 1.17 bits per heavy atom. The highest BCUT2D eigenvalue weighted by Crippen LogP contribution is 2.35. The van der Waals surface area contributed by atoms with Crippen molar-refractivity contribution in [3.63, 3.8) is 0 Å². The number of aliphatic carboxylic acids is 1. The first kappa shape index (κ1) is 21.6. The van der Waals surface area contributed by atoms with Gasteiger partial charge < -0.3 is 19.3 Å². The molecule has 7 heteroatoms. The summed E-state index contributed by atoms with van der Waals surface area (Å²) in [6.45, 7) is 9.82. The smallest absolute Gasteiger partial charge is 0.339 e. The minimum Gasteiger partial charge on any atom is -0.480 e. The molecule has 160 valence electrons. The summed E-state index contributed by atoms with van der Waals surface area (Å²) >= 11 is 0. The van der Waals surface area contributed by atoms with E-state index in [-0.39, 0.29) is 24.7 Å². The number of hydrogen-bond donors (Lipinski definition) is 2. The number of carbonyl (C=O) groups excluding carboxylic acids is 1. The normalized spacial score (nSPS) is 13.0. The van der Waals surface area contributed by atoms with Gasteiger partial charge in [0, 0.05) is 34.4 Å². The summed E-state index contributed by atoms with van der Waals surface area (Å²) in [4.78, 5) is 35.8. The maximum absolute atomic E-state index is 12.5. The molecule has 0 saturated heterocycles. The fourth-order valence-corrected chi connectivity index (χ4v) is 3.62. The van der Waals surface area contributed by atoms with Crippen LogP contribution in [-0.2, 0) is 21.4 Å². The lowest BCUT2D eigenvalue weighted by molar-refractivity contribution is -0.141. The fraction of sp³-hybridized carbons (Fsp3) is 0.435. The lowest BCUT2D eigenvalue weighted by atomic mass is 9.86. The first-order chi connectivity index (χ1) is 14.0. The van der Waals surface area contributed by atoms with Crippen molar-refractivity contribution in [1.82, 2.24) is 5.32 Å². The molecule has 1 atom stereocenters. The van der Waals surface area contributed by atoms with Crippen LogP contribution < -0.4 is 10.9 Å². The SMILES string of the molecule is CCC(NC(=O)CCc1c(C)c2cc3c(C(C)(C)C)coc3cc2oc1=O)C(=O)O. The van der Waals surface area contributed by atoms with Gasteiger partial charge in [-0.05, 0) is 36.8 Å². The summed E-state index contributed by atoms with van der Waals surface area (Å²) in [5.74, 6) is -1.49. The summed E-state index contributed by atoms with van der Waals surface area (Å²) in [5, 5.41) is 13.3. The molecule has 0 radical (unpaired) electrons. The summed E-state index contributed by atoms with van der Waals surface area (Å²) in [6, 6.07) is 2.76. The summed E-state index contributed by atoms with van der Waals surface area (Å²) in [6.07, 6.45) is 2.19. The number of carboxylic acid groups (broad SMARTS) is 1. The van der Waals surface area contributed by atoms with Crippen LogP contribution in [0.15, 0.2) is 32.0 Å².